The smallest absolute Gasteiger partial charge is 0.273 e. The summed E-state index contributed by atoms with van der Waals surface area (Å²) in [5.74, 6) is -0.276. The van der Waals surface area contributed by atoms with Crippen LogP contribution in [0.25, 0.3) is 0 Å². The van der Waals surface area contributed by atoms with Crippen molar-refractivity contribution in [1.82, 2.24) is 9.97 Å². The van der Waals surface area contributed by atoms with Gasteiger partial charge in [-0.25, -0.2) is 9.97 Å². The summed E-state index contributed by atoms with van der Waals surface area (Å²) in [6.45, 7) is 1.61. The summed E-state index contributed by atoms with van der Waals surface area (Å²) >= 11 is 6.32. The van der Waals surface area contributed by atoms with Crippen LogP contribution in [0.3, 0.4) is 0 Å². The van der Waals surface area contributed by atoms with Gasteiger partial charge in [0.25, 0.3) is 11.6 Å². The van der Waals surface area contributed by atoms with Crippen molar-refractivity contribution in [3.8, 4) is 0 Å². The van der Waals surface area contributed by atoms with Crippen LogP contribution in [-0.2, 0) is 0 Å². The van der Waals surface area contributed by atoms with Gasteiger partial charge in [0.1, 0.15) is 9.21 Å². The molecule has 21 heavy (non-hydrogen) atoms. The highest BCUT2D eigenvalue weighted by Crippen LogP contribution is 2.22. The zero-order chi connectivity index (χ0) is 15.6. The number of nitrogens with zero attached hydrogens (tertiary/aromatic N) is 3. The van der Waals surface area contributed by atoms with E-state index >= 15 is 0 Å². The summed E-state index contributed by atoms with van der Waals surface area (Å²) in [5, 5.41) is 13.4. The van der Waals surface area contributed by atoms with Crippen molar-refractivity contribution in [1.29, 1.82) is 0 Å². The van der Waals surface area contributed by atoms with Crippen molar-refractivity contribution >= 4 is 49.3 Å². The normalized spacial score (nSPS) is 10.2. The van der Waals surface area contributed by atoms with Gasteiger partial charge < -0.3 is 5.32 Å². The second-order valence-corrected chi connectivity index (χ2v) is 5.61. The van der Waals surface area contributed by atoms with Gasteiger partial charge in [0.2, 0.25) is 0 Å². The first kappa shape index (κ1) is 15.5. The fraction of sp³-hybridized carbons (Fsp3) is 0.0833. The fourth-order valence-corrected chi connectivity index (χ4v) is 2.47. The molecule has 1 heterocycles. The second-order valence-electron chi connectivity index (χ2n) is 4.04. The van der Waals surface area contributed by atoms with Crippen LogP contribution in [0.2, 0.25) is 0 Å². The molecule has 0 spiro atoms. The number of nitro groups is 1. The number of anilines is 1. The number of carbonyl (C=O) groups excluding carboxylic acids is 1. The van der Waals surface area contributed by atoms with E-state index in [1.807, 2.05) is 0 Å². The Morgan fingerprint density at radius 2 is 2.10 bits per heavy atom. The molecule has 9 heteroatoms. The van der Waals surface area contributed by atoms with Crippen molar-refractivity contribution in [2.24, 2.45) is 0 Å². The summed E-state index contributed by atoms with van der Waals surface area (Å²) in [7, 11) is 0. The van der Waals surface area contributed by atoms with Gasteiger partial charge >= 0.3 is 0 Å². The molecule has 1 aromatic carbocycles. The molecule has 2 aromatic rings. The van der Waals surface area contributed by atoms with Crippen molar-refractivity contribution in [2.75, 3.05) is 5.32 Å². The summed E-state index contributed by atoms with van der Waals surface area (Å²) in [5.41, 5.74) is 0.550. The standard InChI is InChI=1S/C12H8Br2N4O3/c1-6-2-3-7(4-8(6)18(20)21)12(19)17-11-10(14)16-9(13)5-15-11/h2-5H,1H3,(H,15,17,19). The minimum Gasteiger partial charge on any atom is -0.304 e. The van der Waals surface area contributed by atoms with Crippen LogP contribution in [0.5, 0.6) is 0 Å². The Morgan fingerprint density at radius 1 is 1.38 bits per heavy atom. The second kappa shape index (κ2) is 6.27. The number of rotatable bonds is 3. The lowest BCUT2D eigenvalue weighted by Crippen LogP contribution is -2.14. The maximum Gasteiger partial charge on any atom is 0.273 e. The van der Waals surface area contributed by atoms with E-state index in [1.165, 1.54) is 24.4 Å². The van der Waals surface area contributed by atoms with Crippen LogP contribution >= 0.6 is 31.9 Å². The molecule has 0 unspecified atom stereocenters. The highest BCUT2D eigenvalue weighted by atomic mass is 79.9. The van der Waals surface area contributed by atoms with E-state index in [0.29, 0.717) is 14.8 Å². The number of nitro benzene ring substituents is 1. The minimum absolute atomic E-state index is 0.108. The van der Waals surface area contributed by atoms with Crippen molar-refractivity contribution < 1.29 is 9.72 Å². The summed E-state index contributed by atoms with van der Waals surface area (Å²) in [4.78, 5) is 30.5. The number of benzene rings is 1. The number of nitrogens with one attached hydrogen (secondary N) is 1. The molecule has 0 fully saturated rings. The van der Waals surface area contributed by atoms with E-state index < -0.39 is 10.8 Å². The summed E-state index contributed by atoms with van der Waals surface area (Å²) < 4.78 is 0.866. The molecule has 7 nitrogen and oxygen atoms in total. The number of aromatic nitrogens is 2. The molecule has 0 saturated heterocycles. The topological polar surface area (TPSA) is 98.0 Å². The zero-order valence-corrected chi connectivity index (χ0v) is 13.8. The number of carbonyl (C=O) groups is 1. The van der Waals surface area contributed by atoms with Gasteiger partial charge in [0.05, 0.1) is 11.1 Å². The van der Waals surface area contributed by atoms with Crippen LogP contribution in [0.1, 0.15) is 15.9 Å². The molecular formula is C12H8Br2N4O3. The predicted molar refractivity (Wildman–Crippen MR) is 83.2 cm³/mol. The molecule has 1 amide bonds. The molecule has 0 aliphatic heterocycles. The van der Waals surface area contributed by atoms with Crippen LogP contribution in [0.15, 0.2) is 33.6 Å². The van der Waals surface area contributed by atoms with Gasteiger partial charge in [0.15, 0.2) is 5.82 Å². The van der Waals surface area contributed by atoms with Gasteiger partial charge in [-0.2, -0.15) is 0 Å². The van der Waals surface area contributed by atoms with Crippen LogP contribution < -0.4 is 5.32 Å². The molecule has 0 aliphatic rings. The third kappa shape index (κ3) is 3.61. The molecule has 0 radical (unpaired) electrons. The first-order valence-corrected chi connectivity index (χ1v) is 7.21. The van der Waals surface area contributed by atoms with E-state index in [4.69, 9.17) is 0 Å². The van der Waals surface area contributed by atoms with Gasteiger partial charge in [-0.1, -0.05) is 6.07 Å². The lowest BCUT2D eigenvalue weighted by Gasteiger charge is -2.06. The highest BCUT2D eigenvalue weighted by molar-refractivity contribution is 9.11. The minimum atomic E-state index is -0.526. The number of halogens is 2. The molecule has 108 valence electrons. The average molecular weight is 416 g/mol. The van der Waals surface area contributed by atoms with Gasteiger partial charge in [0, 0.05) is 17.2 Å². The van der Waals surface area contributed by atoms with Crippen LogP contribution in [-0.4, -0.2) is 20.8 Å². The molecule has 0 aliphatic carbocycles. The Balaban J connectivity index is 2.28. The average Bonchev–Trinajstić information content (AvgIpc) is 2.42. The number of amides is 1. The molecule has 1 N–H and O–H groups in total. The maximum atomic E-state index is 12.1. The Hall–Kier alpha value is -1.87. The van der Waals surface area contributed by atoms with E-state index in [1.54, 1.807) is 6.92 Å². The zero-order valence-electron chi connectivity index (χ0n) is 10.6. The maximum absolute atomic E-state index is 12.1. The number of hydrogen-bond acceptors (Lipinski definition) is 5. The van der Waals surface area contributed by atoms with Crippen molar-refractivity contribution in [3.63, 3.8) is 0 Å². The molecular weight excluding hydrogens is 408 g/mol. The van der Waals surface area contributed by atoms with Crippen LogP contribution in [0.4, 0.5) is 11.5 Å². The Bertz CT molecular complexity index is 736. The van der Waals surface area contributed by atoms with E-state index in [0.717, 1.165) is 0 Å². The summed E-state index contributed by atoms with van der Waals surface area (Å²) in [6, 6.07) is 4.26. The monoisotopic (exact) mass is 414 g/mol. The van der Waals surface area contributed by atoms with Gasteiger partial charge in [-0.15, -0.1) is 0 Å². The van der Waals surface area contributed by atoms with E-state index in [-0.39, 0.29) is 17.1 Å². The van der Waals surface area contributed by atoms with Gasteiger partial charge in [-0.3, -0.25) is 14.9 Å². The number of aryl methyl sites for hydroxylation is 1. The Kier molecular flexibility index (Phi) is 4.63. The SMILES string of the molecule is Cc1ccc(C(=O)Nc2ncc(Br)nc2Br)cc1[N+](=O)[O-]. The fourth-order valence-electron chi connectivity index (χ4n) is 1.56. The number of hydrogen-bond donors (Lipinski definition) is 1. The summed E-state index contributed by atoms with van der Waals surface area (Å²) in [6.07, 6.45) is 1.43. The Labute approximate surface area is 136 Å². The molecule has 0 atom stereocenters. The molecule has 0 bridgehead atoms. The molecule has 2 rings (SSSR count). The Morgan fingerprint density at radius 3 is 2.71 bits per heavy atom. The quantitative estimate of drug-likeness (QED) is 0.611. The highest BCUT2D eigenvalue weighted by Gasteiger charge is 2.16. The predicted octanol–water partition coefficient (Wildman–Crippen LogP) is 3.47. The van der Waals surface area contributed by atoms with Crippen molar-refractivity contribution in [2.45, 2.75) is 6.92 Å². The first-order chi connectivity index (χ1) is 9.88. The van der Waals surface area contributed by atoms with E-state index in [2.05, 4.69) is 47.1 Å². The third-order valence-electron chi connectivity index (χ3n) is 2.60. The third-order valence-corrected chi connectivity index (χ3v) is 3.54. The van der Waals surface area contributed by atoms with Gasteiger partial charge in [-0.05, 0) is 44.8 Å². The lowest BCUT2D eigenvalue weighted by molar-refractivity contribution is -0.385. The van der Waals surface area contributed by atoms with Crippen LogP contribution in [0, 0.1) is 17.0 Å². The largest absolute Gasteiger partial charge is 0.304 e. The lowest BCUT2D eigenvalue weighted by atomic mass is 10.1. The van der Waals surface area contributed by atoms with Crippen molar-refractivity contribution in [3.05, 3.63) is 54.8 Å². The van der Waals surface area contributed by atoms with E-state index in [9.17, 15) is 14.9 Å². The molecule has 1 aromatic heterocycles. The first-order valence-electron chi connectivity index (χ1n) is 5.63. The molecule has 0 saturated carbocycles.